The molecule has 18 atom stereocenters. The van der Waals surface area contributed by atoms with Crippen molar-refractivity contribution in [1.82, 2.24) is 4.90 Å². The molecule has 0 aromatic carbocycles. The molecule has 3 fully saturated rings. The molecular formula is C41H76N2O15. The molecule has 0 unspecified atom stereocenters. The van der Waals surface area contributed by atoms with Crippen LogP contribution in [0.2, 0.25) is 0 Å². The number of methoxy groups -OCH3 is 2. The number of aliphatic hydroxyl groups is 5. The van der Waals surface area contributed by atoms with Crippen LogP contribution in [0.25, 0.3) is 0 Å². The number of nitrogens with zero attached hydrogens (tertiary/aromatic N) is 2. The number of likely N-dealkylation sites (N-methyl/N-ethyl adjacent to an activating group) is 1. The minimum Gasteiger partial charge on any atom is -0.459 e. The van der Waals surface area contributed by atoms with Crippen molar-refractivity contribution in [2.45, 2.75) is 179 Å². The lowest BCUT2D eigenvalue weighted by molar-refractivity contribution is -0.317. The summed E-state index contributed by atoms with van der Waals surface area (Å²) in [5.74, 6) is -4.14. The minimum atomic E-state index is -1.97. The predicted octanol–water partition coefficient (Wildman–Crippen LogP) is 2.21. The number of aliphatic hydroxyl groups excluding tert-OH is 3. The van der Waals surface area contributed by atoms with Crippen LogP contribution < -0.4 is 0 Å². The fourth-order valence-electron chi connectivity index (χ4n) is 8.93. The van der Waals surface area contributed by atoms with E-state index in [4.69, 9.17) is 42.7 Å². The SMILES string of the molecule is CC[C@H]1OC(=O)[C@H](C)[C@@H](O[C@@H]2C[C@](C)(OC)[C@H](O)[C@H](C)O2)[C@H](C)[C@H](O[C@@H]2O[C@H](C)C[C@@H](N(C)C)[C@H]2O)[C@](C)(O)C[C@@H](C)/C(=N/OCOCCOC)[C@H](C)[C@@H](O)[C@]1(C)O. The third kappa shape index (κ3) is 12.1. The topological polar surface area (TPSA) is 217 Å². The van der Waals surface area contributed by atoms with Crippen molar-refractivity contribution in [3.05, 3.63) is 0 Å². The van der Waals surface area contributed by atoms with Gasteiger partial charge in [0.2, 0.25) is 6.79 Å². The lowest BCUT2D eigenvalue weighted by atomic mass is 9.73. The smallest absolute Gasteiger partial charge is 0.311 e. The highest BCUT2D eigenvalue weighted by Crippen LogP contribution is 2.41. The molecule has 0 saturated carbocycles. The van der Waals surface area contributed by atoms with Gasteiger partial charge in [0.25, 0.3) is 0 Å². The zero-order chi connectivity index (χ0) is 43.9. The van der Waals surface area contributed by atoms with E-state index in [1.807, 2.05) is 32.8 Å². The lowest BCUT2D eigenvalue weighted by Gasteiger charge is -2.49. The standard InChI is InChI=1S/C41H76N2O15/c1-15-29-41(10,49)34(45)24(4)31(42-53-21-52-17-16-50-13)22(2)19-39(8,48)36(58-38-32(44)28(43(11)12)18-23(3)54-38)25(5)33(26(6)37(47)56-29)57-30-20-40(9,51-14)35(46)27(7)55-30/h22-30,32-36,38,44-46,48-49H,15-21H2,1-14H3/b42-31-/t22-,23-,24+,25+,26-,27+,28-,29-,30-,32-,33+,34-,35-,36+,38+,39-,40+,41-/m1/s1. The van der Waals surface area contributed by atoms with E-state index in [0.717, 1.165) is 0 Å². The Bertz CT molecular complexity index is 1300. The second-order valence-corrected chi connectivity index (χ2v) is 17.7. The maximum Gasteiger partial charge on any atom is 0.311 e. The zero-order valence-electron chi connectivity index (χ0n) is 37.3. The Morgan fingerprint density at radius 2 is 1.55 bits per heavy atom. The Labute approximate surface area is 345 Å². The van der Waals surface area contributed by atoms with E-state index in [1.165, 1.54) is 14.0 Å². The summed E-state index contributed by atoms with van der Waals surface area (Å²) in [6, 6.07) is -0.328. The third-order valence-electron chi connectivity index (χ3n) is 12.6. The average Bonchev–Trinajstić information content (AvgIpc) is 3.15. The number of rotatable bonds is 13. The van der Waals surface area contributed by atoms with Crippen molar-refractivity contribution in [2.24, 2.45) is 28.8 Å². The van der Waals surface area contributed by atoms with Gasteiger partial charge in [0.05, 0.1) is 66.6 Å². The molecule has 5 N–H and O–H groups in total. The molecule has 58 heavy (non-hydrogen) atoms. The Kier molecular flexibility index (Phi) is 18.8. The summed E-state index contributed by atoms with van der Waals surface area (Å²) in [6.45, 7) is 17.3. The third-order valence-corrected chi connectivity index (χ3v) is 12.6. The molecule has 340 valence electrons. The summed E-state index contributed by atoms with van der Waals surface area (Å²) < 4.78 is 48.1. The van der Waals surface area contributed by atoms with E-state index in [1.54, 1.807) is 55.6 Å². The van der Waals surface area contributed by atoms with Gasteiger partial charge in [-0.3, -0.25) is 4.79 Å². The lowest BCUT2D eigenvalue weighted by Crippen LogP contribution is -2.61. The van der Waals surface area contributed by atoms with E-state index in [2.05, 4.69) is 5.16 Å². The number of oxime groups is 1. The summed E-state index contributed by atoms with van der Waals surface area (Å²) in [4.78, 5) is 21.8. The summed E-state index contributed by atoms with van der Waals surface area (Å²) in [5.41, 5.74) is -4.49. The summed E-state index contributed by atoms with van der Waals surface area (Å²) >= 11 is 0. The number of cyclic esters (lactones) is 1. The second kappa shape index (κ2) is 21.5. The first-order chi connectivity index (χ1) is 27.0. The quantitative estimate of drug-likeness (QED) is 0.0778. The number of esters is 1. The van der Waals surface area contributed by atoms with Crippen molar-refractivity contribution >= 4 is 11.7 Å². The molecule has 0 aromatic rings. The Balaban J connectivity index is 2.22. The molecule has 3 aliphatic heterocycles. The molecule has 0 radical (unpaired) electrons. The van der Waals surface area contributed by atoms with Crippen molar-refractivity contribution in [3.8, 4) is 0 Å². The summed E-state index contributed by atoms with van der Waals surface area (Å²) in [6.07, 6.45) is -9.49. The van der Waals surface area contributed by atoms with Crippen molar-refractivity contribution in [2.75, 3.05) is 48.3 Å². The van der Waals surface area contributed by atoms with Crippen LogP contribution in [-0.2, 0) is 47.5 Å². The molecule has 17 nitrogen and oxygen atoms in total. The number of ether oxygens (including phenoxy) is 8. The molecule has 0 spiro atoms. The largest absolute Gasteiger partial charge is 0.459 e. The van der Waals surface area contributed by atoms with Gasteiger partial charge in [0, 0.05) is 44.4 Å². The van der Waals surface area contributed by atoms with Gasteiger partial charge in [-0.25, -0.2) is 0 Å². The first kappa shape index (κ1) is 50.8. The highest BCUT2D eigenvalue weighted by molar-refractivity contribution is 5.88. The number of carbonyl (C=O) groups is 1. The minimum absolute atomic E-state index is 0.0307. The van der Waals surface area contributed by atoms with Gasteiger partial charge in [-0.2, -0.15) is 0 Å². The van der Waals surface area contributed by atoms with Gasteiger partial charge in [0.1, 0.15) is 23.9 Å². The van der Waals surface area contributed by atoms with Crippen LogP contribution in [0.5, 0.6) is 0 Å². The Hall–Kier alpha value is -1.58. The maximum atomic E-state index is 14.3. The van der Waals surface area contributed by atoms with Crippen LogP contribution in [0.4, 0.5) is 0 Å². The highest BCUT2D eigenvalue weighted by atomic mass is 16.7. The number of hydrogen-bond donors (Lipinski definition) is 5. The van der Waals surface area contributed by atoms with Gasteiger partial charge in [-0.1, -0.05) is 32.9 Å². The molecule has 0 amide bonds. The van der Waals surface area contributed by atoms with E-state index in [0.29, 0.717) is 18.7 Å². The van der Waals surface area contributed by atoms with Crippen LogP contribution in [0.1, 0.15) is 94.9 Å². The predicted molar refractivity (Wildman–Crippen MR) is 212 cm³/mol. The molecule has 17 heteroatoms. The van der Waals surface area contributed by atoms with Gasteiger partial charge in [0.15, 0.2) is 12.6 Å². The molecule has 3 aliphatic rings. The zero-order valence-corrected chi connectivity index (χ0v) is 37.3. The molecule has 0 aromatic heterocycles. The van der Waals surface area contributed by atoms with Gasteiger partial charge >= 0.3 is 5.97 Å². The monoisotopic (exact) mass is 837 g/mol. The molecular weight excluding hydrogens is 760 g/mol. The summed E-state index contributed by atoms with van der Waals surface area (Å²) in [5, 5.41) is 63.6. The van der Waals surface area contributed by atoms with E-state index >= 15 is 0 Å². The van der Waals surface area contributed by atoms with Crippen molar-refractivity contribution in [1.29, 1.82) is 0 Å². The molecule has 3 saturated heterocycles. The first-order valence-electron chi connectivity index (χ1n) is 20.8. The summed E-state index contributed by atoms with van der Waals surface area (Å²) in [7, 11) is 6.76. The first-order valence-corrected chi connectivity index (χ1v) is 20.8. The van der Waals surface area contributed by atoms with Gasteiger partial charge in [-0.05, 0) is 74.9 Å². The van der Waals surface area contributed by atoms with Crippen LogP contribution in [-0.4, -0.2) is 175 Å². The van der Waals surface area contributed by atoms with Crippen LogP contribution in [0, 0.1) is 23.7 Å². The Morgan fingerprint density at radius 3 is 2.14 bits per heavy atom. The van der Waals surface area contributed by atoms with E-state index in [-0.39, 0.29) is 44.8 Å². The molecule has 0 aliphatic carbocycles. The van der Waals surface area contributed by atoms with Crippen LogP contribution in [0.15, 0.2) is 5.16 Å². The van der Waals surface area contributed by atoms with E-state index in [9.17, 15) is 30.3 Å². The molecule has 3 rings (SSSR count). The average molecular weight is 837 g/mol. The van der Waals surface area contributed by atoms with Crippen molar-refractivity contribution < 1.29 is 73.1 Å². The number of hydrogen-bond acceptors (Lipinski definition) is 17. The van der Waals surface area contributed by atoms with Gasteiger partial charge in [-0.15, -0.1) is 0 Å². The van der Waals surface area contributed by atoms with Crippen molar-refractivity contribution in [3.63, 3.8) is 0 Å². The number of carbonyl (C=O) groups excluding carboxylic acids is 1. The van der Waals surface area contributed by atoms with Gasteiger partial charge < -0.3 is 73.2 Å². The van der Waals surface area contributed by atoms with Crippen LogP contribution >= 0.6 is 0 Å². The molecule has 3 heterocycles. The highest BCUT2D eigenvalue weighted by Gasteiger charge is 2.53. The second-order valence-electron chi connectivity index (χ2n) is 17.7. The maximum absolute atomic E-state index is 14.3. The van der Waals surface area contributed by atoms with E-state index < -0.39 is 102 Å². The molecule has 0 bridgehead atoms. The Morgan fingerprint density at radius 1 is 0.897 bits per heavy atom. The fraction of sp³-hybridized carbons (Fsp3) is 0.951. The fourth-order valence-corrected chi connectivity index (χ4v) is 8.93. The normalized spacial score (nSPS) is 45.8. The van der Waals surface area contributed by atoms with Crippen LogP contribution in [0.3, 0.4) is 0 Å².